The molecule has 0 aromatic heterocycles. The summed E-state index contributed by atoms with van der Waals surface area (Å²) in [5.41, 5.74) is 7.84. The second-order valence-corrected chi connectivity index (χ2v) is 8.61. The fraction of sp³-hybridized carbons (Fsp3) is 0.0909. The smallest absolute Gasteiger partial charge is 0.262 e. The van der Waals surface area contributed by atoms with Crippen LogP contribution in [-0.2, 0) is 14.6 Å². The van der Waals surface area contributed by atoms with Crippen molar-refractivity contribution >= 4 is 27.3 Å². The zero-order chi connectivity index (χ0) is 21.7. The van der Waals surface area contributed by atoms with Gasteiger partial charge in [-0.2, -0.15) is 0 Å². The van der Waals surface area contributed by atoms with Crippen LogP contribution in [0.2, 0.25) is 0 Å². The molecular formula is C22H21N3O4S. The van der Waals surface area contributed by atoms with Crippen LogP contribution in [-0.4, -0.2) is 33.0 Å². The van der Waals surface area contributed by atoms with E-state index in [4.69, 9.17) is 15.9 Å². The van der Waals surface area contributed by atoms with E-state index < -0.39 is 9.84 Å². The molecule has 8 heteroatoms. The van der Waals surface area contributed by atoms with Gasteiger partial charge in [-0.15, -0.1) is 0 Å². The zero-order valence-corrected chi connectivity index (χ0v) is 17.1. The molecule has 7 nitrogen and oxygen atoms in total. The summed E-state index contributed by atoms with van der Waals surface area (Å²) >= 11 is 0. The minimum absolute atomic E-state index is 0.0811. The third kappa shape index (κ3) is 5.24. The molecule has 154 valence electrons. The first-order valence-corrected chi connectivity index (χ1v) is 10.9. The number of nitrogens with one attached hydrogen (secondary N) is 2. The average Bonchev–Trinajstić information content (AvgIpc) is 2.72. The van der Waals surface area contributed by atoms with Crippen molar-refractivity contribution in [1.29, 1.82) is 5.41 Å². The van der Waals surface area contributed by atoms with E-state index in [0.29, 0.717) is 22.6 Å². The van der Waals surface area contributed by atoms with E-state index in [1.807, 2.05) is 0 Å². The van der Waals surface area contributed by atoms with Crippen molar-refractivity contribution in [3.63, 3.8) is 0 Å². The maximum absolute atomic E-state index is 12.2. The number of amides is 1. The van der Waals surface area contributed by atoms with E-state index in [2.05, 4.69) is 5.32 Å². The number of carbonyl (C=O) groups is 1. The zero-order valence-electron chi connectivity index (χ0n) is 16.3. The lowest BCUT2D eigenvalue weighted by Gasteiger charge is -2.10. The molecule has 1 amide bonds. The molecule has 3 aromatic rings. The molecule has 0 heterocycles. The quantitative estimate of drug-likeness (QED) is 0.398. The molecule has 30 heavy (non-hydrogen) atoms. The topological polar surface area (TPSA) is 122 Å². The summed E-state index contributed by atoms with van der Waals surface area (Å²) in [5.74, 6) is 0.000493. The van der Waals surface area contributed by atoms with Crippen LogP contribution in [0.5, 0.6) is 5.75 Å². The van der Waals surface area contributed by atoms with Gasteiger partial charge in [0.05, 0.1) is 4.90 Å². The van der Waals surface area contributed by atoms with Crippen LogP contribution in [0.1, 0.15) is 5.56 Å². The van der Waals surface area contributed by atoms with E-state index in [1.165, 1.54) is 6.26 Å². The molecule has 0 aliphatic carbocycles. The molecule has 3 rings (SSSR count). The van der Waals surface area contributed by atoms with Gasteiger partial charge in [0.15, 0.2) is 16.4 Å². The molecule has 0 aliphatic heterocycles. The Morgan fingerprint density at radius 3 is 2.40 bits per heavy atom. The number of anilines is 1. The first-order valence-electron chi connectivity index (χ1n) is 9.00. The molecule has 0 atom stereocenters. The Kier molecular flexibility index (Phi) is 6.17. The van der Waals surface area contributed by atoms with Crippen molar-refractivity contribution in [2.24, 2.45) is 5.73 Å². The minimum atomic E-state index is -3.36. The number of carbonyl (C=O) groups excluding carboxylic acids is 1. The SMILES string of the molecule is CS(=O)(=O)c1ccccc1-c1ccc(NC(=O)COc2cccc(C(=N)N)c2)cc1. The third-order valence-corrected chi connectivity index (χ3v) is 5.44. The maximum Gasteiger partial charge on any atom is 0.262 e. The molecule has 0 radical (unpaired) electrons. The summed E-state index contributed by atoms with van der Waals surface area (Å²) in [6, 6.07) is 20.3. The summed E-state index contributed by atoms with van der Waals surface area (Å²) in [7, 11) is -3.36. The standard InChI is InChI=1S/C22H21N3O4S/c1-30(27,28)20-8-3-2-7-19(20)15-9-11-17(12-10-15)25-21(26)14-29-18-6-4-5-16(13-18)22(23)24/h2-13H,14H2,1H3,(H3,23,24)(H,25,26). The lowest BCUT2D eigenvalue weighted by molar-refractivity contribution is -0.118. The van der Waals surface area contributed by atoms with E-state index in [9.17, 15) is 13.2 Å². The van der Waals surface area contributed by atoms with Crippen LogP contribution < -0.4 is 15.8 Å². The second kappa shape index (κ2) is 8.79. The number of rotatable bonds is 7. The number of ether oxygens (including phenoxy) is 1. The number of sulfone groups is 1. The van der Waals surface area contributed by atoms with Crippen molar-refractivity contribution in [2.45, 2.75) is 4.90 Å². The fourth-order valence-corrected chi connectivity index (χ4v) is 3.77. The highest BCUT2D eigenvalue weighted by atomic mass is 32.2. The first-order chi connectivity index (χ1) is 14.2. The molecule has 0 aliphatic rings. The lowest BCUT2D eigenvalue weighted by Crippen LogP contribution is -2.20. The Morgan fingerprint density at radius 1 is 1.03 bits per heavy atom. The lowest BCUT2D eigenvalue weighted by atomic mass is 10.1. The van der Waals surface area contributed by atoms with Crippen molar-refractivity contribution in [3.05, 3.63) is 78.4 Å². The molecule has 0 bridgehead atoms. The fourth-order valence-electron chi connectivity index (χ4n) is 2.86. The Balaban J connectivity index is 1.66. The highest BCUT2D eigenvalue weighted by molar-refractivity contribution is 7.90. The molecule has 4 N–H and O–H groups in total. The van der Waals surface area contributed by atoms with Crippen LogP contribution in [0.4, 0.5) is 5.69 Å². The summed E-state index contributed by atoms with van der Waals surface area (Å²) in [6.45, 7) is -0.208. The Labute approximate surface area is 174 Å². The summed E-state index contributed by atoms with van der Waals surface area (Å²) in [5, 5.41) is 10.2. The van der Waals surface area contributed by atoms with Gasteiger partial charge in [0, 0.05) is 23.1 Å². The second-order valence-electron chi connectivity index (χ2n) is 6.62. The van der Waals surface area contributed by atoms with Crippen LogP contribution in [0.25, 0.3) is 11.1 Å². The molecule has 0 saturated carbocycles. The van der Waals surface area contributed by atoms with E-state index >= 15 is 0 Å². The average molecular weight is 423 g/mol. The molecule has 0 spiro atoms. The predicted octanol–water partition coefficient (Wildman–Crippen LogP) is 3.06. The number of hydrogen-bond donors (Lipinski definition) is 3. The number of benzene rings is 3. The monoisotopic (exact) mass is 423 g/mol. The maximum atomic E-state index is 12.2. The number of nitrogen functional groups attached to an aromatic ring is 1. The normalized spacial score (nSPS) is 11.0. The first kappa shape index (κ1) is 21.1. The summed E-state index contributed by atoms with van der Waals surface area (Å²) < 4.78 is 29.4. The van der Waals surface area contributed by atoms with Crippen molar-refractivity contribution in [2.75, 3.05) is 18.2 Å². The van der Waals surface area contributed by atoms with Crippen LogP contribution in [0.3, 0.4) is 0 Å². The molecule has 0 fully saturated rings. The molecule has 0 saturated heterocycles. The van der Waals surface area contributed by atoms with Gasteiger partial charge in [-0.1, -0.05) is 42.5 Å². The highest BCUT2D eigenvalue weighted by Gasteiger charge is 2.14. The van der Waals surface area contributed by atoms with Gasteiger partial charge in [0.2, 0.25) is 0 Å². The van der Waals surface area contributed by atoms with Gasteiger partial charge in [-0.3, -0.25) is 10.2 Å². The van der Waals surface area contributed by atoms with Crippen LogP contribution >= 0.6 is 0 Å². The molecular weight excluding hydrogens is 402 g/mol. The predicted molar refractivity (Wildman–Crippen MR) is 117 cm³/mol. The van der Waals surface area contributed by atoms with Gasteiger partial charge < -0.3 is 15.8 Å². The highest BCUT2D eigenvalue weighted by Crippen LogP contribution is 2.28. The summed E-state index contributed by atoms with van der Waals surface area (Å²) in [4.78, 5) is 12.4. The number of amidine groups is 1. The third-order valence-electron chi connectivity index (χ3n) is 4.28. The Hall–Kier alpha value is -3.65. The number of hydrogen-bond acceptors (Lipinski definition) is 5. The van der Waals surface area contributed by atoms with Crippen molar-refractivity contribution in [3.8, 4) is 16.9 Å². The van der Waals surface area contributed by atoms with Crippen molar-refractivity contribution < 1.29 is 17.9 Å². The van der Waals surface area contributed by atoms with Gasteiger partial charge in [-0.05, 0) is 35.9 Å². The largest absolute Gasteiger partial charge is 0.484 e. The van der Waals surface area contributed by atoms with Crippen LogP contribution in [0, 0.1) is 5.41 Å². The minimum Gasteiger partial charge on any atom is -0.484 e. The Bertz CT molecular complexity index is 1190. The molecule has 3 aromatic carbocycles. The van der Waals surface area contributed by atoms with Crippen LogP contribution in [0.15, 0.2) is 77.7 Å². The van der Waals surface area contributed by atoms with E-state index in [-0.39, 0.29) is 23.2 Å². The van der Waals surface area contributed by atoms with Gasteiger partial charge in [0.25, 0.3) is 5.91 Å². The molecule has 0 unspecified atom stereocenters. The van der Waals surface area contributed by atoms with Crippen molar-refractivity contribution in [1.82, 2.24) is 0 Å². The van der Waals surface area contributed by atoms with Gasteiger partial charge >= 0.3 is 0 Å². The number of nitrogens with two attached hydrogens (primary N) is 1. The summed E-state index contributed by atoms with van der Waals surface area (Å²) in [6.07, 6.45) is 1.17. The Morgan fingerprint density at radius 2 is 1.73 bits per heavy atom. The van der Waals surface area contributed by atoms with Gasteiger partial charge in [0.1, 0.15) is 11.6 Å². The van der Waals surface area contributed by atoms with E-state index in [0.717, 1.165) is 5.56 Å². The van der Waals surface area contributed by atoms with Gasteiger partial charge in [-0.25, -0.2) is 8.42 Å². The van der Waals surface area contributed by atoms with E-state index in [1.54, 1.807) is 72.8 Å².